The van der Waals surface area contributed by atoms with Crippen molar-refractivity contribution in [2.75, 3.05) is 36.4 Å². The first-order valence-electron chi connectivity index (χ1n) is 9.24. The maximum Gasteiger partial charge on any atom is 0.319 e. The van der Waals surface area contributed by atoms with Crippen LogP contribution in [0.15, 0.2) is 24.3 Å². The van der Waals surface area contributed by atoms with Crippen LogP contribution in [0, 0.1) is 5.92 Å². The van der Waals surface area contributed by atoms with E-state index in [-0.39, 0.29) is 17.9 Å². The minimum atomic E-state index is -0.249. The van der Waals surface area contributed by atoms with Gasteiger partial charge >= 0.3 is 6.03 Å². The van der Waals surface area contributed by atoms with Crippen LogP contribution in [0.3, 0.4) is 0 Å². The Kier molecular flexibility index (Phi) is 7.57. The molecule has 3 amide bonds. The molecule has 6 nitrogen and oxygen atoms in total. The summed E-state index contributed by atoms with van der Waals surface area (Å²) < 4.78 is 0. The molecule has 0 radical (unpaired) electrons. The van der Waals surface area contributed by atoms with Crippen molar-refractivity contribution in [1.82, 2.24) is 10.6 Å². The van der Waals surface area contributed by atoms with Crippen molar-refractivity contribution in [3.05, 3.63) is 24.3 Å². The number of benzene rings is 1. The number of para-hydroxylation sites is 2. The number of nitrogens with zero attached hydrogens (tertiary/aromatic N) is 1. The third kappa shape index (κ3) is 6.29. The predicted octanol–water partition coefficient (Wildman–Crippen LogP) is 2.96. The molecule has 25 heavy (non-hydrogen) atoms. The van der Waals surface area contributed by atoms with Crippen molar-refractivity contribution in [1.29, 1.82) is 0 Å². The van der Waals surface area contributed by atoms with Gasteiger partial charge in [0, 0.05) is 32.1 Å². The van der Waals surface area contributed by atoms with Gasteiger partial charge in [0.05, 0.1) is 11.4 Å². The Morgan fingerprint density at radius 2 is 1.64 bits per heavy atom. The molecule has 0 spiro atoms. The molecule has 138 valence electrons. The lowest BCUT2D eigenvalue weighted by Crippen LogP contribution is -2.38. The summed E-state index contributed by atoms with van der Waals surface area (Å²) in [7, 11) is 0. The topological polar surface area (TPSA) is 73.5 Å². The fourth-order valence-electron chi connectivity index (χ4n) is 2.90. The van der Waals surface area contributed by atoms with Gasteiger partial charge in [-0.15, -0.1) is 0 Å². The van der Waals surface area contributed by atoms with Crippen LogP contribution in [0.25, 0.3) is 0 Å². The van der Waals surface area contributed by atoms with E-state index < -0.39 is 0 Å². The van der Waals surface area contributed by atoms with Crippen molar-refractivity contribution in [3.63, 3.8) is 0 Å². The van der Waals surface area contributed by atoms with Crippen molar-refractivity contribution in [2.45, 2.75) is 39.5 Å². The number of hydrogen-bond donors (Lipinski definition) is 3. The van der Waals surface area contributed by atoms with E-state index in [1.807, 2.05) is 32.0 Å². The van der Waals surface area contributed by atoms with Gasteiger partial charge < -0.3 is 20.9 Å². The fraction of sp³-hybridized carbons (Fsp3) is 0.579. The van der Waals surface area contributed by atoms with Crippen LogP contribution in [0.4, 0.5) is 16.2 Å². The first kappa shape index (κ1) is 19.1. The second-order valence-electron chi connectivity index (χ2n) is 6.75. The van der Waals surface area contributed by atoms with Crippen molar-refractivity contribution >= 4 is 23.3 Å². The van der Waals surface area contributed by atoms with Crippen LogP contribution in [0.2, 0.25) is 0 Å². The second-order valence-corrected chi connectivity index (χ2v) is 6.75. The Hall–Kier alpha value is -2.24. The van der Waals surface area contributed by atoms with Gasteiger partial charge in [-0.1, -0.05) is 38.8 Å². The minimum absolute atomic E-state index is 0.00582. The Labute approximate surface area is 150 Å². The summed E-state index contributed by atoms with van der Waals surface area (Å²) in [4.78, 5) is 26.0. The van der Waals surface area contributed by atoms with Gasteiger partial charge in [-0.25, -0.2) is 4.79 Å². The minimum Gasteiger partial charge on any atom is -0.370 e. The maximum atomic E-state index is 12.1. The van der Waals surface area contributed by atoms with E-state index in [9.17, 15) is 9.59 Å². The molecule has 0 aliphatic carbocycles. The van der Waals surface area contributed by atoms with E-state index in [0.717, 1.165) is 24.5 Å². The molecule has 6 heteroatoms. The number of hydrogen-bond acceptors (Lipinski definition) is 3. The summed E-state index contributed by atoms with van der Waals surface area (Å²) >= 11 is 0. The maximum absolute atomic E-state index is 12.1. The molecular formula is C19H30N4O2. The van der Waals surface area contributed by atoms with E-state index in [4.69, 9.17) is 0 Å². The zero-order valence-corrected chi connectivity index (χ0v) is 15.3. The second kappa shape index (κ2) is 9.91. The van der Waals surface area contributed by atoms with Gasteiger partial charge in [0.1, 0.15) is 0 Å². The van der Waals surface area contributed by atoms with Crippen LogP contribution in [0.1, 0.15) is 39.5 Å². The van der Waals surface area contributed by atoms with Crippen LogP contribution < -0.4 is 20.9 Å². The van der Waals surface area contributed by atoms with Gasteiger partial charge in [-0.3, -0.25) is 4.79 Å². The summed E-state index contributed by atoms with van der Waals surface area (Å²) in [6.07, 6.45) is 4.93. The largest absolute Gasteiger partial charge is 0.370 e. The summed E-state index contributed by atoms with van der Waals surface area (Å²) in [5.74, 6) is -0.0527. The zero-order chi connectivity index (χ0) is 18.1. The average molecular weight is 346 g/mol. The van der Waals surface area contributed by atoms with E-state index >= 15 is 0 Å². The number of rotatable bonds is 6. The van der Waals surface area contributed by atoms with Gasteiger partial charge in [0.2, 0.25) is 5.91 Å². The highest BCUT2D eigenvalue weighted by Crippen LogP contribution is 2.27. The lowest BCUT2D eigenvalue weighted by molar-refractivity contribution is -0.123. The van der Waals surface area contributed by atoms with E-state index in [2.05, 4.69) is 26.9 Å². The molecular weight excluding hydrogens is 316 g/mol. The van der Waals surface area contributed by atoms with Gasteiger partial charge in [0.25, 0.3) is 0 Å². The van der Waals surface area contributed by atoms with Gasteiger partial charge in [-0.2, -0.15) is 0 Å². The molecule has 0 aromatic heterocycles. The molecule has 1 aromatic carbocycles. The lowest BCUT2D eigenvalue weighted by Gasteiger charge is -2.25. The molecule has 1 aromatic rings. The Balaban J connectivity index is 1.85. The summed E-state index contributed by atoms with van der Waals surface area (Å²) in [6, 6.07) is 7.68. The van der Waals surface area contributed by atoms with Crippen molar-refractivity contribution in [2.24, 2.45) is 5.92 Å². The zero-order valence-electron chi connectivity index (χ0n) is 15.3. The van der Waals surface area contributed by atoms with Crippen LogP contribution in [0.5, 0.6) is 0 Å². The number of carbonyl (C=O) groups excluding carboxylic acids is 2. The van der Waals surface area contributed by atoms with E-state index in [1.54, 1.807) is 0 Å². The van der Waals surface area contributed by atoms with Crippen molar-refractivity contribution < 1.29 is 9.59 Å². The molecule has 3 N–H and O–H groups in total. The Morgan fingerprint density at radius 1 is 1.00 bits per heavy atom. The average Bonchev–Trinajstić information content (AvgIpc) is 2.88. The van der Waals surface area contributed by atoms with E-state index in [0.29, 0.717) is 13.1 Å². The highest BCUT2D eigenvalue weighted by atomic mass is 16.2. The van der Waals surface area contributed by atoms with Crippen LogP contribution in [-0.4, -0.2) is 38.1 Å². The number of nitrogens with one attached hydrogen (secondary N) is 3. The first-order valence-corrected chi connectivity index (χ1v) is 9.24. The highest BCUT2D eigenvalue weighted by Gasteiger charge is 2.14. The lowest BCUT2D eigenvalue weighted by atomic mass is 10.2. The third-order valence-electron chi connectivity index (χ3n) is 4.33. The smallest absolute Gasteiger partial charge is 0.319 e. The van der Waals surface area contributed by atoms with E-state index in [1.165, 1.54) is 25.7 Å². The predicted molar refractivity (Wildman–Crippen MR) is 102 cm³/mol. The fourth-order valence-corrected chi connectivity index (χ4v) is 2.90. The Morgan fingerprint density at radius 3 is 2.32 bits per heavy atom. The molecule has 1 aliphatic rings. The molecule has 2 rings (SSSR count). The summed E-state index contributed by atoms with van der Waals surface area (Å²) in [5, 5.41) is 8.50. The molecule has 1 heterocycles. The van der Waals surface area contributed by atoms with Crippen LogP contribution >= 0.6 is 0 Å². The Bertz CT molecular complexity index is 566. The van der Waals surface area contributed by atoms with Crippen LogP contribution in [-0.2, 0) is 4.79 Å². The standard InChI is InChI=1S/C19H30N4O2/c1-15(2)18(24)20-11-12-21-19(25)22-16-9-5-6-10-17(16)23-13-7-3-4-8-14-23/h5-6,9-10,15H,3-4,7-8,11-14H2,1-2H3,(H,20,24)(H2,21,22,25). The van der Waals surface area contributed by atoms with Gasteiger partial charge in [0.15, 0.2) is 0 Å². The third-order valence-corrected chi connectivity index (χ3v) is 4.33. The quantitative estimate of drug-likeness (QED) is 0.693. The summed E-state index contributed by atoms with van der Waals surface area (Å²) in [5.41, 5.74) is 1.90. The monoisotopic (exact) mass is 346 g/mol. The molecule has 1 fully saturated rings. The molecule has 0 bridgehead atoms. The molecule has 0 saturated carbocycles. The normalized spacial score (nSPS) is 14.8. The van der Waals surface area contributed by atoms with Crippen molar-refractivity contribution in [3.8, 4) is 0 Å². The SMILES string of the molecule is CC(C)C(=O)NCCNC(=O)Nc1ccccc1N1CCCCCC1. The van der Waals surface area contributed by atoms with Gasteiger partial charge in [-0.05, 0) is 25.0 Å². The number of anilines is 2. The molecule has 1 aliphatic heterocycles. The molecule has 0 atom stereocenters. The number of urea groups is 1. The molecule has 0 unspecified atom stereocenters. The number of amides is 3. The molecule has 1 saturated heterocycles. The highest BCUT2D eigenvalue weighted by molar-refractivity contribution is 5.93. The number of carbonyl (C=O) groups is 2. The first-order chi connectivity index (χ1) is 12.1. The summed E-state index contributed by atoms with van der Waals surface area (Å²) in [6.45, 7) is 6.57.